The zero-order chi connectivity index (χ0) is 15.6. The van der Waals surface area contributed by atoms with E-state index in [0.717, 1.165) is 17.4 Å². The van der Waals surface area contributed by atoms with Crippen LogP contribution in [0.3, 0.4) is 0 Å². The van der Waals surface area contributed by atoms with Gasteiger partial charge in [-0.2, -0.15) is 13.2 Å². The minimum absolute atomic E-state index is 0.207. The normalized spacial score (nSPS) is 19.4. The summed E-state index contributed by atoms with van der Waals surface area (Å²) in [7, 11) is 0. The Morgan fingerprint density at radius 1 is 1.38 bits per heavy atom. The highest BCUT2D eigenvalue weighted by Gasteiger charge is 2.36. The van der Waals surface area contributed by atoms with Crippen LogP contribution in [0.25, 0.3) is 0 Å². The van der Waals surface area contributed by atoms with Crippen LogP contribution in [0.1, 0.15) is 25.3 Å². The number of hydrogen-bond donors (Lipinski definition) is 1. The maximum absolute atomic E-state index is 13.8. The molecule has 1 N–H and O–H groups in total. The van der Waals surface area contributed by atoms with Crippen molar-refractivity contribution >= 4 is 11.6 Å². The lowest BCUT2D eigenvalue weighted by Crippen LogP contribution is -2.39. The first-order valence-electron chi connectivity index (χ1n) is 6.76. The molecule has 3 nitrogen and oxygen atoms in total. The maximum Gasteiger partial charge on any atom is 0.416 e. The molecule has 0 bridgehead atoms. The second-order valence-electron chi connectivity index (χ2n) is 4.95. The molecule has 21 heavy (non-hydrogen) atoms. The molecule has 1 amide bonds. The molecule has 1 heterocycles. The maximum atomic E-state index is 13.8. The molecule has 0 aromatic heterocycles. The van der Waals surface area contributed by atoms with Gasteiger partial charge in [0.05, 0.1) is 17.3 Å². The van der Waals surface area contributed by atoms with Gasteiger partial charge in [0.1, 0.15) is 5.82 Å². The van der Waals surface area contributed by atoms with Crippen molar-refractivity contribution < 1.29 is 22.4 Å². The lowest BCUT2D eigenvalue weighted by Gasteiger charge is -2.19. The van der Waals surface area contributed by atoms with E-state index >= 15 is 0 Å². The van der Waals surface area contributed by atoms with Gasteiger partial charge in [0, 0.05) is 6.54 Å². The van der Waals surface area contributed by atoms with Crippen molar-refractivity contribution in [3.8, 4) is 0 Å². The van der Waals surface area contributed by atoms with Gasteiger partial charge in [-0.05, 0) is 37.6 Å². The minimum atomic E-state index is -4.56. The van der Waals surface area contributed by atoms with Crippen LogP contribution in [0.2, 0.25) is 0 Å². The number of carbonyl (C=O) groups is 1. The van der Waals surface area contributed by atoms with Crippen LogP contribution in [-0.4, -0.2) is 25.0 Å². The lowest BCUT2D eigenvalue weighted by molar-refractivity contribution is -0.137. The van der Waals surface area contributed by atoms with Crippen molar-refractivity contribution in [3.05, 3.63) is 29.6 Å². The molecule has 1 aromatic carbocycles. The van der Waals surface area contributed by atoms with E-state index in [1.54, 1.807) is 0 Å². The molecule has 0 spiro atoms. The lowest BCUT2D eigenvalue weighted by atomic mass is 10.1. The second-order valence-corrected chi connectivity index (χ2v) is 4.95. The van der Waals surface area contributed by atoms with Gasteiger partial charge in [0.15, 0.2) is 0 Å². The number of benzene rings is 1. The molecule has 1 saturated heterocycles. The molecule has 1 fully saturated rings. The summed E-state index contributed by atoms with van der Waals surface area (Å²) in [5, 5.41) is 3.01. The molecule has 1 unspecified atom stereocenters. The molecule has 2 rings (SSSR count). The van der Waals surface area contributed by atoms with Gasteiger partial charge in [0.2, 0.25) is 5.91 Å². The third kappa shape index (κ3) is 3.34. The Kier molecular flexibility index (Phi) is 4.51. The number of hydrogen-bond acceptors (Lipinski definition) is 2. The highest BCUT2D eigenvalue weighted by molar-refractivity contribution is 5.99. The molecule has 0 radical (unpaired) electrons. The second kappa shape index (κ2) is 6.01. The smallest absolute Gasteiger partial charge is 0.308 e. The first kappa shape index (κ1) is 15.8. The van der Waals surface area contributed by atoms with Crippen molar-refractivity contribution in [2.45, 2.75) is 32.0 Å². The van der Waals surface area contributed by atoms with Crippen LogP contribution >= 0.6 is 0 Å². The highest BCUT2D eigenvalue weighted by Crippen LogP contribution is 2.34. The summed E-state index contributed by atoms with van der Waals surface area (Å²) in [5.74, 6) is -1.21. The Hall–Kier alpha value is -1.63. The molecule has 116 valence electrons. The van der Waals surface area contributed by atoms with Crippen LogP contribution in [0.4, 0.5) is 23.2 Å². The van der Waals surface area contributed by atoms with Gasteiger partial charge in [-0.3, -0.25) is 4.79 Å². The summed E-state index contributed by atoms with van der Waals surface area (Å²) in [4.78, 5) is 13.2. The van der Waals surface area contributed by atoms with Crippen LogP contribution in [0.5, 0.6) is 0 Å². The molecule has 1 aromatic rings. The Morgan fingerprint density at radius 2 is 2.10 bits per heavy atom. The predicted molar refractivity (Wildman–Crippen MR) is 70.5 cm³/mol. The predicted octanol–water partition coefficient (Wildman–Crippen LogP) is 2.95. The quantitative estimate of drug-likeness (QED) is 0.867. The van der Waals surface area contributed by atoms with Gasteiger partial charge >= 0.3 is 6.18 Å². The standard InChI is InChI=1S/C14H16F4N2O/c1-2-6-19-11-5-7-20(13(11)21)12-8-9(14(16,17)18)3-4-10(12)15/h3-4,8,11,19H,2,5-7H2,1H3. The van der Waals surface area contributed by atoms with Gasteiger partial charge < -0.3 is 10.2 Å². The summed E-state index contributed by atoms with van der Waals surface area (Å²) in [6.45, 7) is 2.78. The number of carbonyl (C=O) groups excluding carboxylic acids is 1. The number of nitrogens with one attached hydrogen (secondary N) is 1. The number of alkyl halides is 3. The fourth-order valence-corrected chi connectivity index (χ4v) is 2.32. The summed E-state index contributed by atoms with van der Waals surface area (Å²) in [6.07, 6.45) is -3.28. The van der Waals surface area contributed by atoms with Crippen molar-refractivity contribution in [2.24, 2.45) is 0 Å². The van der Waals surface area contributed by atoms with E-state index in [1.807, 2.05) is 6.92 Å². The number of halogens is 4. The van der Waals surface area contributed by atoms with Gasteiger partial charge in [0.25, 0.3) is 0 Å². The Labute approximate surface area is 119 Å². The SMILES string of the molecule is CCCNC1CCN(c2cc(C(F)(F)F)ccc2F)C1=O. The molecule has 0 aliphatic carbocycles. The van der Waals surface area contributed by atoms with Crippen molar-refractivity contribution in [2.75, 3.05) is 18.0 Å². The number of amides is 1. The highest BCUT2D eigenvalue weighted by atomic mass is 19.4. The number of anilines is 1. The van der Waals surface area contributed by atoms with Crippen molar-refractivity contribution in [3.63, 3.8) is 0 Å². The summed E-state index contributed by atoms with van der Waals surface area (Å²) in [6, 6.07) is 1.65. The zero-order valence-electron chi connectivity index (χ0n) is 11.5. The molecule has 7 heteroatoms. The molecule has 1 aliphatic rings. The number of nitrogens with zero attached hydrogens (tertiary/aromatic N) is 1. The third-order valence-electron chi connectivity index (χ3n) is 3.41. The Morgan fingerprint density at radius 3 is 2.71 bits per heavy atom. The average Bonchev–Trinajstić information content (AvgIpc) is 2.77. The summed E-state index contributed by atoms with van der Waals surface area (Å²) >= 11 is 0. The average molecular weight is 304 g/mol. The van der Waals surface area contributed by atoms with E-state index in [9.17, 15) is 22.4 Å². The first-order chi connectivity index (χ1) is 9.84. The molecule has 0 saturated carbocycles. The number of rotatable bonds is 4. The minimum Gasteiger partial charge on any atom is -0.308 e. The molecule has 1 atom stereocenters. The van der Waals surface area contributed by atoms with Crippen molar-refractivity contribution in [1.82, 2.24) is 5.32 Å². The van der Waals surface area contributed by atoms with E-state index in [2.05, 4.69) is 5.32 Å². The molecular formula is C14H16F4N2O. The van der Waals surface area contributed by atoms with Crippen LogP contribution < -0.4 is 10.2 Å². The summed E-state index contributed by atoms with van der Waals surface area (Å²) in [5.41, 5.74) is -1.27. The third-order valence-corrected chi connectivity index (χ3v) is 3.41. The Bertz CT molecular complexity index is 530. The molecule has 1 aliphatic heterocycles. The van der Waals surface area contributed by atoms with E-state index in [0.29, 0.717) is 25.1 Å². The zero-order valence-corrected chi connectivity index (χ0v) is 11.5. The fraction of sp³-hybridized carbons (Fsp3) is 0.500. The van der Waals surface area contributed by atoms with E-state index in [1.165, 1.54) is 0 Å². The van der Waals surface area contributed by atoms with Crippen LogP contribution in [0, 0.1) is 5.82 Å². The summed E-state index contributed by atoms with van der Waals surface area (Å²) < 4.78 is 51.8. The van der Waals surface area contributed by atoms with Gasteiger partial charge in [-0.25, -0.2) is 4.39 Å². The van der Waals surface area contributed by atoms with E-state index in [-0.39, 0.29) is 18.1 Å². The van der Waals surface area contributed by atoms with Crippen molar-refractivity contribution in [1.29, 1.82) is 0 Å². The fourth-order valence-electron chi connectivity index (χ4n) is 2.32. The Balaban J connectivity index is 2.24. The molecular weight excluding hydrogens is 288 g/mol. The van der Waals surface area contributed by atoms with Crippen LogP contribution in [0.15, 0.2) is 18.2 Å². The van der Waals surface area contributed by atoms with Gasteiger partial charge in [-0.15, -0.1) is 0 Å². The monoisotopic (exact) mass is 304 g/mol. The van der Waals surface area contributed by atoms with Gasteiger partial charge in [-0.1, -0.05) is 6.92 Å². The largest absolute Gasteiger partial charge is 0.416 e. The first-order valence-corrected chi connectivity index (χ1v) is 6.76. The topological polar surface area (TPSA) is 32.3 Å². The van der Waals surface area contributed by atoms with E-state index < -0.39 is 23.6 Å². The van der Waals surface area contributed by atoms with Crippen LogP contribution in [-0.2, 0) is 11.0 Å². The van der Waals surface area contributed by atoms with E-state index in [4.69, 9.17) is 0 Å².